The second-order valence-corrected chi connectivity index (χ2v) is 8.94. The predicted molar refractivity (Wildman–Crippen MR) is 130 cm³/mol. The van der Waals surface area contributed by atoms with Crippen LogP contribution in [-0.4, -0.2) is 6.36 Å². The Morgan fingerprint density at radius 1 is 0.853 bits per heavy atom. The summed E-state index contributed by atoms with van der Waals surface area (Å²) < 4.78 is 40.8. The van der Waals surface area contributed by atoms with Crippen molar-refractivity contribution in [1.29, 1.82) is 0 Å². The fourth-order valence-corrected chi connectivity index (χ4v) is 4.54. The van der Waals surface area contributed by atoms with Gasteiger partial charge in [0.2, 0.25) is 0 Å². The van der Waals surface area contributed by atoms with Crippen LogP contribution in [0, 0.1) is 11.8 Å². The van der Waals surface area contributed by atoms with E-state index >= 15 is 0 Å². The summed E-state index contributed by atoms with van der Waals surface area (Å²) in [6.07, 6.45) is 3.47. The first-order valence-corrected chi connectivity index (χ1v) is 12.0. The van der Waals surface area contributed by atoms with E-state index in [0.717, 1.165) is 31.2 Å². The monoisotopic (exact) mass is 462 g/mol. The number of aryl methyl sites for hydroxylation is 2. The van der Waals surface area contributed by atoms with Crippen LogP contribution in [0.1, 0.15) is 71.9 Å². The third kappa shape index (κ3) is 6.67. The molecule has 0 heterocycles. The number of hydrogen-bond donors (Lipinski definition) is 0. The van der Waals surface area contributed by atoms with Crippen LogP contribution in [0.3, 0.4) is 0 Å². The predicted octanol–water partition coefficient (Wildman–Crippen LogP) is 7.99. The van der Waals surface area contributed by atoms with Crippen molar-refractivity contribution in [3.63, 3.8) is 0 Å². The molecule has 1 unspecified atom stereocenters. The number of halogens is 3. The highest BCUT2D eigenvalue weighted by atomic mass is 19.4. The summed E-state index contributed by atoms with van der Waals surface area (Å²) in [5, 5.41) is 0. The van der Waals surface area contributed by atoms with E-state index < -0.39 is 6.36 Å². The minimum atomic E-state index is -4.69. The molecule has 0 bridgehead atoms. The second kappa shape index (κ2) is 10.8. The fourth-order valence-electron chi connectivity index (χ4n) is 4.54. The van der Waals surface area contributed by atoms with Crippen LogP contribution in [0.5, 0.6) is 5.75 Å². The van der Waals surface area contributed by atoms with E-state index in [4.69, 9.17) is 0 Å². The lowest BCUT2D eigenvalue weighted by molar-refractivity contribution is -0.274. The Bertz CT molecular complexity index is 1150. The summed E-state index contributed by atoms with van der Waals surface area (Å²) in [7, 11) is 0. The SMILES string of the molecule is CCCCCc1ccc(C2CCc3cc(C#Cc4ccc(OC(F)(F)F)cc4)ccc3C2)cc1. The normalized spacial score (nSPS) is 15.2. The van der Waals surface area contributed by atoms with Gasteiger partial charge in [-0.05, 0) is 96.7 Å². The first-order chi connectivity index (χ1) is 16.4. The van der Waals surface area contributed by atoms with E-state index in [1.165, 1.54) is 65.8 Å². The molecule has 3 aromatic carbocycles. The molecule has 0 saturated carbocycles. The maximum Gasteiger partial charge on any atom is 0.573 e. The first-order valence-electron chi connectivity index (χ1n) is 12.0. The van der Waals surface area contributed by atoms with Gasteiger partial charge >= 0.3 is 6.36 Å². The number of ether oxygens (including phenoxy) is 1. The summed E-state index contributed by atoms with van der Waals surface area (Å²) in [5.41, 5.74) is 7.14. The minimum Gasteiger partial charge on any atom is -0.406 e. The Morgan fingerprint density at radius 3 is 2.26 bits per heavy atom. The van der Waals surface area contributed by atoms with Gasteiger partial charge in [0.05, 0.1) is 0 Å². The van der Waals surface area contributed by atoms with Crippen molar-refractivity contribution in [2.45, 2.75) is 64.1 Å². The van der Waals surface area contributed by atoms with E-state index in [0.29, 0.717) is 11.5 Å². The van der Waals surface area contributed by atoms with Crippen LogP contribution in [0.4, 0.5) is 13.2 Å². The zero-order valence-corrected chi connectivity index (χ0v) is 19.4. The molecule has 0 amide bonds. The van der Waals surface area contributed by atoms with Gasteiger partial charge in [0.15, 0.2) is 0 Å². The van der Waals surface area contributed by atoms with Crippen LogP contribution < -0.4 is 4.74 Å². The van der Waals surface area contributed by atoms with Crippen LogP contribution in [0.15, 0.2) is 66.7 Å². The first kappa shape index (κ1) is 24.0. The molecule has 0 fully saturated rings. The quantitative estimate of drug-likeness (QED) is 0.266. The summed E-state index contributed by atoms with van der Waals surface area (Å²) in [6, 6.07) is 21.2. The highest BCUT2D eigenvalue weighted by Gasteiger charge is 2.30. The second-order valence-electron chi connectivity index (χ2n) is 8.94. The van der Waals surface area contributed by atoms with Gasteiger partial charge in [0, 0.05) is 11.1 Å². The molecule has 1 aliphatic carbocycles. The maximum atomic E-state index is 12.3. The van der Waals surface area contributed by atoms with E-state index in [-0.39, 0.29) is 5.75 Å². The number of hydrogen-bond acceptors (Lipinski definition) is 1. The van der Waals surface area contributed by atoms with Crippen molar-refractivity contribution in [3.05, 3.63) is 100 Å². The van der Waals surface area contributed by atoms with Gasteiger partial charge in [-0.2, -0.15) is 0 Å². The van der Waals surface area contributed by atoms with Crippen molar-refractivity contribution < 1.29 is 17.9 Å². The smallest absolute Gasteiger partial charge is 0.406 e. The highest BCUT2D eigenvalue weighted by molar-refractivity contribution is 5.47. The molecule has 0 spiro atoms. The molecule has 0 N–H and O–H groups in total. The van der Waals surface area contributed by atoms with E-state index in [2.05, 4.69) is 59.9 Å². The Balaban J connectivity index is 1.38. The van der Waals surface area contributed by atoms with Crippen LogP contribution in [0.2, 0.25) is 0 Å². The molecule has 4 heteroatoms. The lowest BCUT2D eigenvalue weighted by Crippen LogP contribution is -2.16. The van der Waals surface area contributed by atoms with Crippen LogP contribution in [-0.2, 0) is 19.3 Å². The summed E-state index contributed by atoms with van der Waals surface area (Å²) in [6.45, 7) is 2.23. The molecule has 0 aromatic heterocycles. The van der Waals surface area contributed by atoms with Gasteiger partial charge in [-0.3, -0.25) is 0 Å². The van der Waals surface area contributed by atoms with Crippen LogP contribution in [0.25, 0.3) is 0 Å². The zero-order valence-electron chi connectivity index (χ0n) is 19.4. The number of benzene rings is 3. The van der Waals surface area contributed by atoms with Gasteiger partial charge in [-0.25, -0.2) is 0 Å². The highest BCUT2D eigenvalue weighted by Crippen LogP contribution is 2.33. The lowest BCUT2D eigenvalue weighted by atomic mass is 9.79. The Hall–Kier alpha value is -3.19. The Morgan fingerprint density at radius 2 is 1.56 bits per heavy atom. The minimum absolute atomic E-state index is 0.243. The van der Waals surface area contributed by atoms with E-state index in [9.17, 15) is 13.2 Å². The summed E-state index contributed by atoms with van der Waals surface area (Å²) in [4.78, 5) is 0. The molecule has 0 radical (unpaired) electrons. The molecule has 0 aliphatic heterocycles. The summed E-state index contributed by atoms with van der Waals surface area (Å²) in [5.74, 6) is 6.47. The Labute approximate surface area is 200 Å². The number of alkyl halides is 3. The molecule has 1 atom stereocenters. The van der Waals surface area contributed by atoms with Crippen molar-refractivity contribution in [2.24, 2.45) is 0 Å². The molecular weight excluding hydrogens is 433 g/mol. The maximum absolute atomic E-state index is 12.3. The van der Waals surface area contributed by atoms with Crippen LogP contribution >= 0.6 is 0 Å². The molecule has 1 nitrogen and oxygen atoms in total. The van der Waals surface area contributed by atoms with Gasteiger partial charge in [0.1, 0.15) is 5.75 Å². The third-order valence-corrected chi connectivity index (χ3v) is 6.39. The van der Waals surface area contributed by atoms with Crippen molar-refractivity contribution in [3.8, 4) is 17.6 Å². The molecular formula is C30H29F3O. The van der Waals surface area contributed by atoms with Gasteiger partial charge in [-0.15, -0.1) is 13.2 Å². The average Bonchev–Trinajstić information content (AvgIpc) is 2.83. The molecule has 1 aliphatic rings. The zero-order chi connectivity index (χ0) is 24.0. The topological polar surface area (TPSA) is 9.23 Å². The third-order valence-electron chi connectivity index (χ3n) is 6.39. The van der Waals surface area contributed by atoms with E-state index in [1.54, 1.807) is 0 Å². The number of unbranched alkanes of at least 4 members (excludes halogenated alkanes) is 2. The molecule has 34 heavy (non-hydrogen) atoms. The van der Waals surface area contributed by atoms with Crippen molar-refractivity contribution in [1.82, 2.24) is 0 Å². The standard InChI is InChI=1S/C30H29F3O/c1-2-3-4-5-22-8-13-25(14-9-22)27-17-16-26-20-24(10-15-28(26)21-27)7-6-23-11-18-29(19-12-23)34-30(31,32)33/h8-15,18-20,27H,2-5,16-17,21H2,1H3. The van der Waals surface area contributed by atoms with Crippen molar-refractivity contribution >= 4 is 0 Å². The molecule has 3 aromatic rings. The molecule has 4 rings (SSSR count). The average molecular weight is 463 g/mol. The van der Waals surface area contributed by atoms with Gasteiger partial charge < -0.3 is 4.74 Å². The van der Waals surface area contributed by atoms with E-state index in [1.807, 2.05) is 6.07 Å². The lowest BCUT2D eigenvalue weighted by Gasteiger charge is -2.25. The molecule has 0 saturated heterocycles. The Kier molecular flexibility index (Phi) is 7.63. The van der Waals surface area contributed by atoms with Gasteiger partial charge in [0.25, 0.3) is 0 Å². The van der Waals surface area contributed by atoms with Gasteiger partial charge in [-0.1, -0.05) is 61.9 Å². The van der Waals surface area contributed by atoms with Crippen molar-refractivity contribution in [2.75, 3.05) is 0 Å². The molecule has 176 valence electrons. The largest absolute Gasteiger partial charge is 0.573 e. The summed E-state index contributed by atoms with van der Waals surface area (Å²) >= 11 is 0. The number of rotatable bonds is 6. The fraction of sp³-hybridized carbons (Fsp3) is 0.333. The number of fused-ring (bicyclic) bond motifs is 1.